The Hall–Kier alpha value is -1.49. The molecule has 0 radical (unpaired) electrons. The normalized spacial score (nSPS) is 17.9. The van der Waals surface area contributed by atoms with E-state index in [1.54, 1.807) is 4.90 Å². The quantitative estimate of drug-likeness (QED) is 0.633. The second-order valence-corrected chi connectivity index (χ2v) is 6.34. The Morgan fingerprint density at radius 2 is 2.14 bits per heavy atom. The predicted molar refractivity (Wildman–Crippen MR) is 83.4 cm³/mol. The highest BCUT2D eigenvalue weighted by molar-refractivity contribution is 8.00. The van der Waals surface area contributed by atoms with Crippen LogP contribution >= 0.6 is 11.8 Å². The van der Waals surface area contributed by atoms with Crippen molar-refractivity contribution in [1.82, 2.24) is 4.90 Å². The second kappa shape index (κ2) is 6.98. The molecule has 114 valence electrons. The third-order valence-electron chi connectivity index (χ3n) is 3.74. The molecule has 0 saturated carbocycles. The Morgan fingerprint density at radius 3 is 2.86 bits per heavy atom. The number of likely N-dealkylation sites (tertiary alicyclic amines) is 1. The Morgan fingerprint density at radius 1 is 1.38 bits per heavy atom. The molecule has 1 aromatic rings. The number of thioether (sulfide) groups is 1. The van der Waals surface area contributed by atoms with Crippen LogP contribution in [-0.2, 0) is 14.3 Å². The third-order valence-corrected chi connectivity index (χ3v) is 4.88. The summed E-state index contributed by atoms with van der Waals surface area (Å²) in [4.78, 5) is 26.8. The number of hydrogen-bond acceptors (Lipinski definition) is 4. The number of benzene rings is 1. The Kier molecular flexibility index (Phi) is 5.28. The number of methoxy groups -OCH3 is 1. The summed E-state index contributed by atoms with van der Waals surface area (Å²) >= 11 is 1.53. The highest BCUT2D eigenvalue weighted by atomic mass is 32.2. The van der Waals surface area contributed by atoms with Gasteiger partial charge in [-0.2, -0.15) is 0 Å². The Balaban J connectivity index is 1.98. The van der Waals surface area contributed by atoms with Crippen LogP contribution in [0.1, 0.15) is 24.0 Å². The van der Waals surface area contributed by atoms with Gasteiger partial charge in [-0.05, 0) is 38.3 Å². The molecule has 0 aromatic heterocycles. The number of amides is 1. The lowest BCUT2D eigenvalue weighted by atomic mass is 10.2. The van der Waals surface area contributed by atoms with Crippen LogP contribution in [0.2, 0.25) is 0 Å². The molecule has 5 heteroatoms. The van der Waals surface area contributed by atoms with E-state index in [9.17, 15) is 9.59 Å². The molecule has 0 N–H and O–H groups in total. The van der Waals surface area contributed by atoms with E-state index in [1.807, 2.05) is 13.8 Å². The van der Waals surface area contributed by atoms with E-state index in [-0.39, 0.29) is 11.9 Å². The van der Waals surface area contributed by atoms with E-state index in [0.717, 1.165) is 11.3 Å². The molecule has 1 aliphatic rings. The molecular weight excluding hydrogens is 286 g/mol. The van der Waals surface area contributed by atoms with Crippen LogP contribution in [0.4, 0.5) is 0 Å². The molecule has 0 aliphatic carbocycles. The van der Waals surface area contributed by atoms with Crippen molar-refractivity contribution >= 4 is 23.6 Å². The minimum Gasteiger partial charge on any atom is -0.467 e. The van der Waals surface area contributed by atoms with Gasteiger partial charge in [-0.25, -0.2) is 4.79 Å². The smallest absolute Gasteiger partial charge is 0.328 e. The van der Waals surface area contributed by atoms with Crippen molar-refractivity contribution in [3.63, 3.8) is 0 Å². The minimum absolute atomic E-state index is 0.00815. The lowest BCUT2D eigenvalue weighted by Gasteiger charge is -2.22. The monoisotopic (exact) mass is 307 g/mol. The maximum atomic E-state index is 12.3. The average molecular weight is 307 g/mol. The summed E-state index contributed by atoms with van der Waals surface area (Å²) in [6.45, 7) is 4.73. The van der Waals surface area contributed by atoms with Crippen LogP contribution in [0.3, 0.4) is 0 Å². The molecular formula is C16H21NO3S. The number of ether oxygens (including phenoxy) is 1. The topological polar surface area (TPSA) is 46.6 Å². The summed E-state index contributed by atoms with van der Waals surface area (Å²) in [5.41, 5.74) is 2.36. The summed E-state index contributed by atoms with van der Waals surface area (Å²) in [5, 5.41) is 0. The van der Waals surface area contributed by atoms with Gasteiger partial charge in [-0.15, -0.1) is 11.8 Å². The highest BCUT2D eigenvalue weighted by Gasteiger charge is 2.34. The summed E-state index contributed by atoms with van der Waals surface area (Å²) in [6, 6.07) is 5.82. The van der Waals surface area contributed by atoms with E-state index in [4.69, 9.17) is 4.74 Å². The molecule has 1 heterocycles. The number of hydrogen-bond donors (Lipinski definition) is 0. The molecule has 1 aromatic carbocycles. The van der Waals surface area contributed by atoms with Gasteiger partial charge in [-0.3, -0.25) is 4.79 Å². The number of aryl methyl sites for hydroxylation is 2. The first kappa shape index (κ1) is 15.9. The predicted octanol–water partition coefficient (Wildman–Crippen LogP) is 2.56. The lowest BCUT2D eigenvalue weighted by Crippen LogP contribution is -2.41. The first-order valence-corrected chi connectivity index (χ1v) is 8.09. The second-order valence-electron chi connectivity index (χ2n) is 5.33. The first-order chi connectivity index (χ1) is 10.0. The van der Waals surface area contributed by atoms with E-state index < -0.39 is 6.04 Å². The number of rotatable bonds is 4. The molecule has 1 atom stereocenters. The van der Waals surface area contributed by atoms with Gasteiger partial charge < -0.3 is 9.64 Å². The van der Waals surface area contributed by atoms with Gasteiger partial charge in [0, 0.05) is 11.4 Å². The van der Waals surface area contributed by atoms with Gasteiger partial charge in [0.15, 0.2) is 0 Å². The third kappa shape index (κ3) is 3.79. The molecule has 0 bridgehead atoms. The van der Waals surface area contributed by atoms with Crippen molar-refractivity contribution in [2.75, 3.05) is 19.4 Å². The van der Waals surface area contributed by atoms with Gasteiger partial charge in [0.25, 0.3) is 0 Å². The van der Waals surface area contributed by atoms with Crippen LogP contribution in [0.15, 0.2) is 23.1 Å². The summed E-state index contributed by atoms with van der Waals surface area (Å²) < 4.78 is 4.77. The van der Waals surface area contributed by atoms with Crippen LogP contribution in [-0.4, -0.2) is 42.2 Å². The maximum Gasteiger partial charge on any atom is 0.328 e. The molecule has 0 spiro atoms. The van der Waals surface area contributed by atoms with Crippen molar-refractivity contribution < 1.29 is 14.3 Å². The molecule has 1 saturated heterocycles. The highest BCUT2D eigenvalue weighted by Crippen LogP contribution is 2.26. The largest absolute Gasteiger partial charge is 0.467 e. The van der Waals surface area contributed by atoms with Crippen molar-refractivity contribution in [2.45, 2.75) is 37.6 Å². The Bertz CT molecular complexity index is 544. The fraction of sp³-hybridized carbons (Fsp3) is 0.500. The van der Waals surface area contributed by atoms with Crippen LogP contribution in [0.25, 0.3) is 0 Å². The average Bonchev–Trinajstić information content (AvgIpc) is 2.96. The van der Waals surface area contributed by atoms with Gasteiger partial charge in [0.05, 0.1) is 12.9 Å². The summed E-state index contributed by atoms with van der Waals surface area (Å²) in [5.74, 6) is 0.0593. The molecule has 1 amide bonds. The molecule has 1 fully saturated rings. The molecule has 1 aliphatic heterocycles. The van der Waals surface area contributed by atoms with Crippen LogP contribution in [0, 0.1) is 13.8 Å². The summed E-state index contributed by atoms with van der Waals surface area (Å²) in [6.07, 6.45) is 1.56. The Labute approximate surface area is 129 Å². The molecule has 1 unspecified atom stereocenters. The van der Waals surface area contributed by atoms with Crippen molar-refractivity contribution in [1.29, 1.82) is 0 Å². The standard InChI is InChI=1S/C16H21NO3S/c1-11-6-7-12(2)14(9-11)21-10-15(18)17-8-4-5-13(17)16(19)20-3/h6-7,9,13H,4-5,8,10H2,1-3H3. The first-order valence-electron chi connectivity index (χ1n) is 7.10. The zero-order chi connectivity index (χ0) is 15.4. The fourth-order valence-corrected chi connectivity index (χ4v) is 3.54. The van der Waals surface area contributed by atoms with E-state index >= 15 is 0 Å². The molecule has 4 nitrogen and oxygen atoms in total. The van der Waals surface area contributed by atoms with E-state index in [2.05, 4.69) is 18.2 Å². The lowest BCUT2D eigenvalue weighted by molar-refractivity contribution is -0.150. The van der Waals surface area contributed by atoms with Crippen molar-refractivity contribution in [3.05, 3.63) is 29.3 Å². The molecule has 2 rings (SSSR count). The van der Waals surface area contributed by atoms with Crippen molar-refractivity contribution in [3.8, 4) is 0 Å². The number of esters is 1. The number of carbonyl (C=O) groups excluding carboxylic acids is 2. The van der Waals surface area contributed by atoms with Crippen LogP contribution < -0.4 is 0 Å². The van der Waals surface area contributed by atoms with Gasteiger partial charge >= 0.3 is 5.97 Å². The number of carbonyl (C=O) groups is 2. The maximum absolute atomic E-state index is 12.3. The van der Waals surface area contributed by atoms with E-state index in [0.29, 0.717) is 18.7 Å². The zero-order valence-corrected chi connectivity index (χ0v) is 13.5. The van der Waals surface area contributed by atoms with Gasteiger partial charge in [-0.1, -0.05) is 17.7 Å². The van der Waals surface area contributed by atoms with E-state index in [1.165, 1.54) is 30.0 Å². The SMILES string of the molecule is COC(=O)C1CCCN1C(=O)CSc1cc(C)ccc1C. The van der Waals surface area contributed by atoms with Gasteiger partial charge in [0.1, 0.15) is 6.04 Å². The number of nitrogens with zero attached hydrogens (tertiary/aromatic N) is 1. The minimum atomic E-state index is -0.401. The summed E-state index contributed by atoms with van der Waals surface area (Å²) in [7, 11) is 1.37. The van der Waals surface area contributed by atoms with Crippen LogP contribution in [0.5, 0.6) is 0 Å². The zero-order valence-electron chi connectivity index (χ0n) is 12.7. The fourth-order valence-electron chi connectivity index (χ4n) is 2.53. The van der Waals surface area contributed by atoms with Crippen molar-refractivity contribution in [2.24, 2.45) is 0 Å². The van der Waals surface area contributed by atoms with Gasteiger partial charge in [0.2, 0.25) is 5.91 Å². The molecule has 21 heavy (non-hydrogen) atoms.